The first-order chi connectivity index (χ1) is 11.2. The van der Waals surface area contributed by atoms with Gasteiger partial charge in [-0.1, -0.05) is 49.1 Å². The van der Waals surface area contributed by atoms with Crippen molar-refractivity contribution in [1.82, 2.24) is 5.32 Å². The van der Waals surface area contributed by atoms with E-state index in [4.69, 9.17) is 4.74 Å². The van der Waals surface area contributed by atoms with Crippen LogP contribution in [0, 0.1) is 6.92 Å². The number of carbonyl (C=O) groups is 1. The highest BCUT2D eigenvalue weighted by atomic mass is 16.5. The average Bonchev–Trinajstić information content (AvgIpc) is 2.51. The van der Waals surface area contributed by atoms with Gasteiger partial charge in [0.15, 0.2) is 6.23 Å². The molecule has 0 aliphatic carbocycles. The Morgan fingerprint density at radius 1 is 1.33 bits per heavy atom. The zero-order chi connectivity index (χ0) is 18.3. The Balaban J connectivity index is 2.81. The molecule has 1 aromatic carbocycles. The Morgan fingerprint density at radius 2 is 2.00 bits per heavy atom. The van der Waals surface area contributed by atoms with E-state index in [1.54, 1.807) is 13.0 Å². The minimum absolute atomic E-state index is 0.215. The predicted molar refractivity (Wildman–Crippen MR) is 96.8 cm³/mol. The molecule has 2 N–H and O–H groups in total. The summed E-state index contributed by atoms with van der Waals surface area (Å²) in [5.74, 6) is -0.300. The van der Waals surface area contributed by atoms with Gasteiger partial charge >= 0.3 is 5.97 Å². The van der Waals surface area contributed by atoms with Crippen molar-refractivity contribution in [2.75, 3.05) is 0 Å². The molecule has 0 aliphatic rings. The Morgan fingerprint density at radius 3 is 2.54 bits per heavy atom. The second kappa shape index (κ2) is 8.89. The summed E-state index contributed by atoms with van der Waals surface area (Å²) in [7, 11) is 0. The monoisotopic (exact) mass is 327 g/mol. The van der Waals surface area contributed by atoms with Crippen molar-refractivity contribution in [3.05, 3.63) is 83.3 Å². The summed E-state index contributed by atoms with van der Waals surface area (Å²) in [6.45, 7) is 14.5. The molecule has 0 bridgehead atoms. The van der Waals surface area contributed by atoms with E-state index >= 15 is 0 Å². The van der Waals surface area contributed by atoms with Gasteiger partial charge in [0.2, 0.25) is 0 Å². The molecule has 128 valence electrons. The number of carbonyl (C=O) groups excluding carboxylic acids is 1. The SMILES string of the molecule is C=C(/C=C(C)\C(=C\C)NC(O)c1cccc(C)c1)OC(=O)C(=C)C. The number of aliphatic hydroxyl groups is 1. The van der Waals surface area contributed by atoms with Crippen molar-refractivity contribution in [3.8, 4) is 0 Å². The average molecular weight is 327 g/mol. The number of hydrogen-bond donors (Lipinski definition) is 2. The van der Waals surface area contributed by atoms with Gasteiger partial charge in [-0.2, -0.15) is 0 Å². The Hall–Kier alpha value is -2.59. The molecule has 24 heavy (non-hydrogen) atoms. The molecule has 0 saturated carbocycles. The molecule has 1 unspecified atom stereocenters. The van der Waals surface area contributed by atoms with Gasteiger partial charge in [-0.3, -0.25) is 0 Å². The largest absolute Gasteiger partial charge is 0.424 e. The topological polar surface area (TPSA) is 58.6 Å². The van der Waals surface area contributed by atoms with Crippen LogP contribution in [-0.2, 0) is 9.53 Å². The number of nitrogens with one attached hydrogen (secondary N) is 1. The second-order valence-electron chi connectivity index (χ2n) is 5.63. The molecule has 1 aromatic rings. The molecular weight excluding hydrogens is 302 g/mol. The van der Waals surface area contributed by atoms with E-state index in [-0.39, 0.29) is 5.76 Å². The molecule has 4 heteroatoms. The highest BCUT2D eigenvalue weighted by Crippen LogP contribution is 2.17. The normalized spacial score (nSPS) is 13.2. The fourth-order valence-corrected chi connectivity index (χ4v) is 2.05. The van der Waals surface area contributed by atoms with E-state index < -0.39 is 12.2 Å². The molecule has 0 fully saturated rings. The number of hydrogen-bond acceptors (Lipinski definition) is 4. The van der Waals surface area contributed by atoms with E-state index in [1.807, 2.05) is 51.1 Å². The van der Waals surface area contributed by atoms with Crippen molar-refractivity contribution >= 4 is 5.97 Å². The number of aliphatic hydroxyl groups excluding tert-OH is 1. The minimum Gasteiger partial charge on any atom is -0.424 e. The fourth-order valence-electron chi connectivity index (χ4n) is 2.05. The number of esters is 1. The predicted octanol–water partition coefficient (Wildman–Crippen LogP) is 4.06. The highest BCUT2D eigenvalue weighted by Gasteiger charge is 2.11. The number of ether oxygens (including phenoxy) is 1. The lowest BCUT2D eigenvalue weighted by Gasteiger charge is -2.18. The van der Waals surface area contributed by atoms with Gasteiger partial charge in [-0.25, -0.2) is 4.79 Å². The molecule has 4 nitrogen and oxygen atoms in total. The van der Waals surface area contributed by atoms with Gasteiger partial charge in [0.25, 0.3) is 0 Å². The van der Waals surface area contributed by atoms with Crippen molar-refractivity contribution in [2.45, 2.75) is 33.9 Å². The standard InChI is InChI=1S/C20H25NO3/c1-7-18(15(5)12-16(6)24-20(23)13(2)3)21-19(22)17-10-8-9-14(4)11-17/h7-12,19,21-22H,2,6H2,1,3-5H3/b15-12-,18-7-. The maximum absolute atomic E-state index is 11.5. The van der Waals surface area contributed by atoms with E-state index in [2.05, 4.69) is 18.5 Å². The molecule has 0 saturated heterocycles. The summed E-state index contributed by atoms with van der Waals surface area (Å²) >= 11 is 0. The van der Waals surface area contributed by atoms with Crippen LogP contribution in [0.15, 0.2) is 72.2 Å². The molecule has 0 aliphatic heterocycles. The molecule has 0 spiro atoms. The number of rotatable bonds is 7. The lowest BCUT2D eigenvalue weighted by atomic mass is 10.1. The number of benzene rings is 1. The van der Waals surface area contributed by atoms with Crippen molar-refractivity contribution in [3.63, 3.8) is 0 Å². The van der Waals surface area contributed by atoms with E-state index in [1.165, 1.54) is 0 Å². The van der Waals surface area contributed by atoms with E-state index in [0.717, 1.165) is 22.4 Å². The van der Waals surface area contributed by atoms with Crippen LogP contribution < -0.4 is 5.32 Å². The third-order valence-electron chi connectivity index (χ3n) is 3.31. The summed E-state index contributed by atoms with van der Waals surface area (Å²) < 4.78 is 5.06. The van der Waals surface area contributed by atoms with Crippen LogP contribution in [0.4, 0.5) is 0 Å². The highest BCUT2D eigenvalue weighted by molar-refractivity contribution is 5.87. The summed E-state index contributed by atoms with van der Waals surface area (Å²) in [5, 5.41) is 13.4. The Bertz CT molecular complexity index is 699. The van der Waals surface area contributed by atoms with Crippen LogP contribution in [0.3, 0.4) is 0 Å². The van der Waals surface area contributed by atoms with Gasteiger partial charge < -0.3 is 15.2 Å². The summed E-state index contributed by atoms with van der Waals surface area (Å²) in [4.78, 5) is 11.5. The Labute approximate surface area is 143 Å². The maximum Gasteiger partial charge on any atom is 0.338 e. The van der Waals surface area contributed by atoms with Crippen molar-refractivity contribution < 1.29 is 14.6 Å². The van der Waals surface area contributed by atoms with Crippen LogP contribution in [0.2, 0.25) is 0 Å². The first-order valence-electron chi connectivity index (χ1n) is 7.67. The third-order valence-corrected chi connectivity index (χ3v) is 3.31. The van der Waals surface area contributed by atoms with E-state index in [0.29, 0.717) is 5.57 Å². The van der Waals surface area contributed by atoms with Gasteiger partial charge in [-0.05, 0) is 39.3 Å². The quantitative estimate of drug-likeness (QED) is 0.261. The van der Waals surface area contributed by atoms with Crippen LogP contribution in [0.25, 0.3) is 0 Å². The van der Waals surface area contributed by atoms with Crippen LogP contribution >= 0.6 is 0 Å². The first-order valence-corrected chi connectivity index (χ1v) is 7.67. The zero-order valence-corrected chi connectivity index (χ0v) is 14.7. The molecule has 1 rings (SSSR count). The Kier molecular flexibility index (Phi) is 7.21. The zero-order valence-electron chi connectivity index (χ0n) is 14.7. The van der Waals surface area contributed by atoms with Crippen LogP contribution in [0.1, 0.15) is 38.1 Å². The van der Waals surface area contributed by atoms with E-state index in [9.17, 15) is 9.90 Å². The molecule has 0 aromatic heterocycles. The lowest BCUT2D eigenvalue weighted by molar-refractivity contribution is -0.134. The second-order valence-corrected chi connectivity index (χ2v) is 5.63. The van der Waals surface area contributed by atoms with Gasteiger partial charge in [0, 0.05) is 16.8 Å². The fraction of sp³-hybridized carbons (Fsp3) is 0.250. The molecule has 0 radical (unpaired) electrons. The van der Waals surface area contributed by atoms with Crippen molar-refractivity contribution in [2.24, 2.45) is 0 Å². The molecule has 0 heterocycles. The van der Waals surface area contributed by atoms with Crippen LogP contribution in [0.5, 0.6) is 0 Å². The number of aryl methyl sites for hydroxylation is 1. The van der Waals surface area contributed by atoms with Gasteiger partial charge in [0.1, 0.15) is 5.76 Å². The molecular formula is C20H25NO3. The minimum atomic E-state index is -0.842. The maximum atomic E-state index is 11.5. The molecule has 0 amide bonds. The summed E-state index contributed by atoms with van der Waals surface area (Å²) in [6.07, 6.45) is 2.62. The van der Waals surface area contributed by atoms with Gasteiger partial charge in [-0.15, -0.1) is 0 Å². The summed E-state index contributed by atoms with van der Waals surface area (Å²) in [5.41, 5.74) is 3.65. The smallest absolute Gasteiger partial charge is 0.338 e. The molecule has 1 atom stereocenters. The summed E-state index contributed by atoms with van der Waals surface area (Å²) in [6, 6.07) is 7.63. The third kappa shape index (κ3) is 5.89. The van der Waals surface area contributed by atoms with Gasteiger partial charge in [0.05, 0.1) is 0 Å². The first kappa shape index (κ1) is 19.5. The van der Waals surface area contributed by atoms with Crippen LogP contribution in [-0.4, -0.2) is 11.1 Å². The van der Waals surface area contributed by atoms with Crippen molar-refractivity contribution in [1.29, 1.82) is 0 Å². The number of allylic oxidation sites excluding steroid dienone is 3. The lowest BCUT2D eigenvalue weighted by Crippen LogP contribution is -2.21.